The van der Waals surface area contributed by atoms with Gasteiger partial charge < -0.3 is 10.6 Å². The van der Waals surface area contributed by atoms with Gasteiger partial charge in [0, 0.05) is 20.1 Å². The van der Waals surface area contributed by atoms with Crippen LogP contribution in [0.25, 0.3) is 0 Å². The second-order valence-corrected chi connectivity index (χ2v) is 4.62. The van der Waals surface area contributed by atoms with E-state index in [1.165, 1.54) is 25.0 Å². The molecule has 1 aromatic carbocycles. The summed E-state index contributed by atoms with van der Waals surface area (Å²) in [5.74, 6) is 1.25. The highest BCUT2D eigenvalue weighted by Crippen LogP contribution is 2.05. The summed E-state index contributed by atoms with van der Waals surface area (Å²) in [5, 5.41) is 6.54. The maximum Gasteiger partial charge on any atom is 0.191 e. The number of nitrogens with zero attached hydrogens (tertiary/aromatic N) is 1. The van der Waals surface area contributed by atoms with E-state index in [2.05, 4.69) is 29.5 Å². The first-order valence-electron chi connectivity index (χ1n) is 6.88. The molecule has 20 heavy (non-hydrogen) atoms. The molecule has 0 bridgehead atoms. The smallest absolute Gasteiger partial charge is 0.191 e. The van der Waals surface area contributed by atoms with Gasteiger partial charge in [-0.05, 0) is 23.6 Å². The van der Waals surface area contributed by atoms with Crippen LogP contribution in [0.5, 0.6) is 0 Å². The molecule has 0 saturated carbocycles. The summed E-state index contributed by atoms with van der Waals surface area (Å²) >= 11 is 0. The molecule has 0 fully saturated rings. The Bertz CT molecular complexity index is 389. The van der Waals surface area contributed by atoms with Crippen molar-refractivity contribution in [3.05, 3.63) is 35.6 Å². The molecule has 0 heterocycles. The van der Waals surface area contributed by atoms with Crippen LogP contribution < -0.4 is 10.6 Å². The van der Waals surface area contributed by atoms with E-state index in [1.807, 2.05) is 0 Å². The summed E-state index contributed by atoms with van der Waals surface area (Å²) in [6.07, 6.45) is 2.33. The molecule has 2 N–H and O–H groups in total. The Morgan fingerprint density at radius 3 is 2.25 bits per heavy atom. The predicted molar refractivity (Wildman–Crippen MR) is 94.1 cm³/mol. The first kappa shape index (κ1) is 19.1. The van der Waals surface area contributed by atoms with Crippen LogP contribution in [-0.4, -0.2) is 19.6 Å². The zero-order valence-corrected chi connectivity index (χ0v) is 14.8. The molecule has 0 radical (unpaired) electrons. The molecule has 0 aliphatic rings. The summed E-state index contributed by atoms with van der Waals surface area (Å²) in [5.41, 5.74) is 1.03. The van der Waals surface area contributed by atoms with Crippen LogP contribution in [0.4, 0.5) is 4.39 Å². The molecule has 5 heteroatoms. The van der Waals surface area contributed by atoms with Crippen molar-refractivity contribution >= 4 is 29.9 Å². The fourth-order valence-electron chi connectivity index (χ4n) is 1.83. The first-order valence-corrected chi connectivity index (χ1v) is 6.88. The SMILES string of the molecule is CCC(CC)CNC(=NC)NCc1ccc(F)cc1.I. The summed E-state index contributed by atoms with van der Waals surface area (Å²) in [7, 11) is 1.76. The minimum atomic E-state index is -0.208. The Morgan fingerprint density at radius 2 is 1.75 bits per heavy atom. The van der Waals surface area contributed by atoms with Gasteiger partial charge in [-0.15, -0.1) is 24.0 Å². The van der Waals surface area contributed by atoms with Gasteiger partial charge in [-0.3, -0.25) is 4.99 Å². The topological polar surface area (TPSA) is 36.4 Å². The number of nitrogens with one attached hydrogen (secondary N) is 2. The third-order valence-corrected chi connectivity index (χ3v) is 3.31. The van der Waals surface area contributed by atoms with Crippen LogP contribution in [0.3, 0.4) is 0 Å². The van der Waals surface area contributed by atoms with Crippen LogP contribution in [0.1, 0.15) is 32.3 Å². The Morgan fingerprint density at radius 1 is 1.15 bits per heavy atom. The van der Waals surface area contributed by atoms with E-state index >= 15 is 0 Å². The molecule has 0 aliphatic heterocycles. The van der Waals surface area contributed by atoms with Gasteiger partial charge in [0.05, 0.1) is 0 Å². The van der Waals surface area contributed by atoms with Crippen molar-refractivity contribution < 1.29 is 4.39 Å². The van der Waals surface area contributed by atoms with Gasteiger partial charge in [-0.2, -0.15) is 0 Å². The van der Waals surface area contributed by atoms with E-state index in [1.54, 1.807) is 19.2 Å². The van der Waals surface area contributed by atoms with Crippen molar-refractivity contribution in [3.63, 3.8) is 0 Å². The summed E-state index contributed by atoms with van der Waals surface area (Å²) < 4.78 is 12.8. The van der Waals surface area contributed by atoms with Crippen molar-refractivity contribution in [3.8, 4) is 0 Å². The third-order valence-electron chi connectivity index (χ3n) is 3.31. The van der Waals surface area contributed by atoms with Crippen LogP contribution in [0.2, 0.25) is 0 Å². The highest BCUT2D eigenvalue weighted by Gasteiger charge is 2.04. The maximum atomic E-state index is 12.8. The van der Waals surface area contributed by atoms with E-state index in [0.717, 1.165) is 18.1 Å². The standard InChI is InChI=1S/C15H24FN3.HI/c1-4-12(5-2)10-18-15(17-3)19-11-13-6-8-14(16)9-7-13;/h6-9,12H,4-5,10-11H2,1-3H3,(H2,17,18,19);1H. The largest absolute Gasteiger partial charge is 0.356 e. The number of aliphatic imine (C=N–C) groups is 1. The van der Waals surface area contributed by atoms with Crippen molar-refractivity contribution in [1.29, 1.82) is 0 Å². The second-order valence-electron chi connectivity index (χ2n) is 4.62. The fraction of sp³-hybridized carbons (Fsp3) is 0.533. The Balaban J connectivity index is 0.00000361. The quantitative estimate of drug-likeness (QED) is 0.441. The monoisotopic (exact) mass is 393 g/mol. The number of hydrogen-bond donors (Lipinski definition) is 2. The van der Waals surface area contributed by atoms with Gasteiger partial charge in [-0.25, -0.2) is 4.39 Å². The number of benzene rings is 1. The molecule has 1 aromatic rings. The zero-order chi connectivity index (χ0) is 14.1. The van der Waals surface area contributed by atoms with Crippen molar-refractivity contribution in [2.75, 3.05) is 13.6 Å². The highest BCUT2D eigenvalue weighted by atomic mass is 127. The molecule has 3 nitrogen and oxygen atoms in total. The molecule has 0 saturated heterocycles. The van der Waals surface area contributed by atoms with Crippen LogP contribution in [0, 0.1) is 11.7 Å². The lowest BCUT2D eigenvalue weighted by molar-refractivity contribution is 0.481. The normalized spacial score (nSPS) is 11.2. The maximum absolute atomic E-state index is 12.8. The van der Waals surface area contributed by atoms with Crippen molar-refractivity contribution in [2.45, 2.75) is 33.2 Å². The third kappa shape index (κ3) is 7.07. The van der Waals surface area contributed by atoms with Crippen LogP contribution in [0.15, 0.2) is 29.3 Å². The van der Waals surface area contributed by atoms with Gasteiger partial charge in [0.2, 0.25) is 0 Å². The molecule has 114 valence electrons. The van der Waals surface area contributed by atoms with E-state index in [-0.39, 0.29) is 29.8 Å². The Kier molecular flexibility index (Phi) is 10.4. The van der Waals surface area contributed by atoms with Gasteiger partial charge in [0.15, 0.2) is 5.96 Å². The van der Waals surface area contributed by atoms with Crippen LogP contribution in [-0.2, 0) is 6.54 Å². The van der Waals surface area contributed by atoms with E-state index in [9.17, 15) is 4.39 Å². The minimum absolute atomic E-state index is 0. The average molecular weight is 393 g/mol. The molecule has 1 rings (SSSR count). The van der Waals surface area contributed by atoms with E-state index < -0.39 is 0 Å². The molecule has 0 spiro atoms. The first-order chi connectivity index (χ1) is 9.19. The van der Waals surface area contributed by atoms with Gasteiger partial charge in [0.1, 0.15) is 5.82 Å². The summed E-state index contributed by atoms with van der Waals surface area (Å²) in [4.78, 5) is 4.18. The number of guanidine groups is 1. The highest BCUT2D eigenvalue weighted by molar-refractivity contribution is 14.0. The van der Waals surface area contributed by atoms with E-state index in [0.29, 0.717) is 12.5 Å². The van der Waals surface area contributed by atoms with Gasteiger partial charge in [-0.1, -0.05) is 38.8 Å². The second kappa shape index (κ2) is 10.9. The molecular weight excluding hydrogens is 368 g/mol. The molecule has 0 aromatic heterocycles. The number of hydrogen-bond acceptors (Lipinski definition) is 1. The van der Waals surface area contributed by atoms with Crippen molar-refractivity contribution in [2.24, 2.45) is 10.9 Å². The molecule has 0 atom stereocenters. The minimum Gasteiger partial charge on any atom is -0.356 e. The number of halogens is 2. The Labute approximate surface area is 138 Å². The summed E-state index contributed by atoms with van der Waals surface area (Å²) in [6, 6.07) is 6.49. The van der Waals surface area contributed by atoms with Gasteiger partial charge >= 0.3 is 0 Å². The average Bonchev–Trinajstić information content (AvgIpc) is 2.45. The molecule has 0 unspecified atom stereocenters. The van der Waals surface area contributed by atoms with Crippen LogP contribution >= 0.6 is 24.0 Å². The van der Waals surface area contributed by atoms with E-state index in [4.69, 9.17) is 0 Å². The predicted octanol–water partition coefficient (Wildman–Crippen LogP) is 3.54. The lowest BCUT2D eigenvalue weighted by Crippen LogP contribution is -2.39. The summed E-state index contributed by atoms with van der Waals surface area (Å²) in [6.45, 7) is 5.97. The zero-order valence-electron chi connectivity index (χ0n) is 12.4. The molecule has 0 aliphatic carbocycles. The fourth-order valence-corrected chi connectivity index (χ4v) is 1.83. The Hall–Kier alpha value is -0.850. The van der Waals surface area contributed by atoms with Crippen molar-refractivity contribution in [1.82, 2.24) is 10.6 Å². The lowest BCUT2D eigenvalue weighted by Gasteiger charge is -2.16. The molecule has 0 amide bonds. The number of rotatable bonds is 6. The lowest BCUT2D eigenvalue weighted by atomic mass is 10.0. The molecular formula is C15H25FIN3. The van der Waals surface area contributed by atoms with Gasteiger partial charge in [0.25, 0.3) is 0 Å².